The van der Waals surface area contributed by atoms with E-state index in [2.05, 4.69) is 185 Å². The number of furan rings is 2. The number of hydrogen-bond donors (Lipinski definition) is 0. The first kappa shape index (κ1) is 40.2. The van der Waals surface area contributed by atoms with Crippen LogP contribution in [0.4, 0.5) is 0 Å². The first-order valence-corrected chi connectivity index (χ1v) is 26.8. The van der Waals surface area contributed by atoms with Gasteiger partial charge in [0.15, 0.2) is 0 Å². The zero-order valence-corrected chi connectivity index (χ0v) is 41.5. The molecule has 0 atom stereocenters. The van der Waals surface area contributed by atoms with E-state index >= 15 is 0 Å². The molecule has 0 bridgehead atoms. The molecule has 0 unspecified atom stereocenters. The van der Waals surface area contributed by atoms with Gasteiger partial charge >= 0.3 is 0 Å². The maximum Gasteiger partial charge on any atom is 0.144 e. The van der Waals surface area contributed by atoms with Crippen LogP contribution in [0, 0.1) is 0 Å². The molecule has 2 heterocycles. The molecule has 72 heavy (non-hydrogen) atoms. The third-order valence-corrected chi connectivity index (χ3v) is 19.8. The number of para-hydroxylation sites is 2. The summed E-state index contributed by atoms with van der Waals surface area (Å²) in [6.07, 6.45) is 9.97. The highest BCUT2D eigenvalue weighted by Crippen LogP contribution is 2.63. The molecule has 346 valence electrons. The Kier molecular flexibility index (Phi) is 7.45. The number of rotatable bonds is 2. The molecule has 0 amide bonds. The van der Waals surface area contributed by atoms with Gasteiger partial charge in [-0.1, -0.05) is 163 Å². The molecule has 9 aromatic carbocycles. The molecule has 17 rings (SSSR count). The molecule has 2 saturated carbocycles. The van der Waals surface area contributed by atoms with Crippen LogP contribution >= 0.6 is 0 Å². The lowest BCUT2D eigenvalue weighted by Gasteiger charge is -2.27. The highest BCUT2D eigenvalue weighted by Gasteiger charge is 2.48. The zero-order valence-electron chi connectivity index (χ0n) is 41.5. The normalized spacial score (nSPS) is 18.3. The average molecular weight is 927 g/mol. The Hall–Kier alpha value is -7.42. The minimum absolute atomic E-state index is 0.0907. The summed E-state index contributed by atoms with van der Waals surface area (Å²) in [6, 6.07) is 61.0. The van der Waals surface area contributed by atoms with Crippen LogP contribution < -0.4 is 0 Å². The van der Waals surface area contributed by atoms with Crippen molar-refractivity contribution in [2.45, 2.75) is 101 Å². The van der Waals surface area contributed by atoms with Gasteiger partial charge in [0.25, 0.3) is 0 Å². The SMILES string of the molecule is CC1(C)c2cc3c(cc2-c2c1cc(-c1ccc4c(c1)C1(CCCC1)c1ccccc1-4)c1c2oc2ccccc21)C(C)(C)c1cc(-c2ccc4c(c2)C2(CCCC2)c2ccccc2-4)c2c(oc4ccccc42)c1-3. The molecule has 6 aliphatic rings. The summed E-state index contributed by atoms with van der Waals surface area (Å²) < 4.78 is 14.4. The van der Waals surface area contributed by atoms with Crippen molar-refractivity contribution in [2.24, 2.45) is 0 Å². The Morgan fingerprint density at radius 3 is 1.14 bits per heavy atom. The van der Waals surface area contributed by atoms with Crippen LogP contribution in [0.3, 0.4) is 0 Å². The van der Waals surface area contributed by atoms with E-state index in [1.54, 1.807) is 0 Å². The third kappa shape index (κ3) is 4.71. The average Bonchev–Trinajstić information content (AvgIpc) is 4.31. The molecule has 0 saturated heterocycles. The van der Waals surface area contributed by atoms with Gasteiger partial charge in [-0.25, -0.2) is 0 Å². The smallest absolute Gasteiger partial charge is 0.144 e. The lowest BCUT2D eigenvalue weighted by molar-refractivity contribution is 0.550. The number of hydrogen-bond acceptors (Lipinski definition) is 2. The largest absolute Gasteiger partial charge is 0.455 e. The predicted octanol–water partition coefficient (Wildman–Crippen LogP) is 19.1. The predicted molar refractivity (Wildman–Crippen MR) is 296 cm³/mol. The molecule has 0 radical (unpaired) electrons. The summed E-state index contributed by atoms with van der Waals surface area (Å²) in [6.45, 7) is 9.78. The van der Waals surface area contributed by atoms with E-state index in [1.165, 1.54) is 184 Å². The summed E-state index contributed by atoms with van der Waals surface area (Å²) in [4.78, 5) is 0. The van der Waals surface area contributed by atoms with Crippen molar-refractivity contribution in [3.05, 3.63) is 202 Å². The molecule has 0 N–H and O–H groups in total. The van der Waals surface area contributed by atoms with Crippen LogP contribution in [-0.2, 0) is 21.7 Å². The van der Waals surface area contributed by atoms with E-state index in [9.17, 15) is 0 Å². The molecule has 2 nitrogen and oxygen atoms in total. The van der Waals surface area contributed by atoms with Crippen molar-refractivity contribution < 1.29 is 8.83 Å². The minimum atomic E-state index is -0.306. The van der Waals surface area contributed by atoms with Gasteiger partial charge < -0.3 is 8.83 Å². The Bertz CT molecular complexity index is 4010. The molecule has 6 aliphatic carbocycles. The highest BCUT2D eigenvalue weighted by atomic mass is 16.3. The maximum absolute atomic E-state index is 7.21. The van der Waals surface area contributed by atoms with Crippen molar-refractivity contribution in [2.75, 3.05) is 0 Å². The lowest BCUT2D eigenvalue weighted by atomic mass is 9.76. The summed E-state index contributed by atoms with van der Waals surface area (Å²) in [5, 5.41) is 4.80. The van der Waals surface area contributed by atoms with Gasteiger partial charge in [-0.3, -0.25) is 0 Å². The zero-order chi connectivity index (χ0) is 47.6. The van der Waals surface area contributed by atoms with Crippen LogP contribution in [0.15, 0.2) is 167 Å². The van der Waals surface area contributed by atoms with Crippen molar-refractivity contribution in [3.8, 4) is 66.8 Å². The summed E-state index contributed by atoms with van der Waals surface area (Å²) in [7, 11) is 0. The Morgan fingerprint density at radius 1 is 0.319 bits per heavy atom. The van der Waals surface area contributed by atoms with E-state index < -0.39 is 0 Å². The standard InChI is InChI=1S/C70H54O2/c1-67(2)53-37-50-54(38-49(53)63-57(67)35-47(61-45-19-7-11-23-59(45)71-65(61)63)39-25-27-43-41-17-5-9-21-51(41)69(55(43)33-39)29-13-14-30-69)68(3,4)58-36-48(62-46-20-8-12-24-60(46)72-66(62)64(50)58)40-26-28-44-42-18-6-10-22-52(42)70(56(44)34-40)31-15-16-32-70/h5-12,17-28,33-38H,13-16,29-32H2,1-4H3. The summed E-state index contributed by atoms with van der Waals surface area (Å²) in [5.41, 5.74) is 30.8. The van der Waals surface area contributed by atoms with Crippen molar-refractivity contribution >= 4 is 43.9 Å². The van der Waals surface area contributed by atoms with Gasteiger partial charge in [0, 0.05) is 54.3 Å². The van der Waals surface area contributed by atoms with Crippen molar-refractivity contribution in [1.82, 2.24) is 0 Å². The fraction of sp³-hybridized carbons (Fsp3) is 0.229. The Labute approximate surface area is 420 Å². The molecular formula is C70H54O2. The highest BCUT2D eigenvalue weighted by molar-refractivity contribution is 6.20. The van der Waals surface area contributed by atoms with Crippen LogP contribution in [0.2, 0.25) is 0 Å². The molecule has 2 heteroatoms. The quantitative estimate of drug-likeness (QED) is 0.173. The van der Waals surface area contributed by atoms with E-state index in [4.69, 9.17) is 8.83 Å². The second kappa shape index (κ2) is 13.3. The van der Waals surface area contributed by atoms with E-state index in [1.807, 2.05) is 0 Å². The molecule has 2 fully saturated rings. The molecule has 11 aromatic rings. The van der Waals surface area contributed by atoms with Crippen LogP contribution in [0.1, 0.15) is 124 Å². The summed E-state index contributed by atoms with van der Waals surface area (Å²) in [5.74, 6) is 0. The van der Waals surface area contributed by atoms with Crippen LogP contribution in [0.5, 0.6) is 0 Å². The number of benzene rings is 9. The van der Waals surface area contributed by atoms with Crippen LogP contribution in [-0.4, -0.2) is 0 Å². The molecule has 2 aromatic heterocycles. The minimum Gasteiger partial charge on any atom is -0.455 e. The first-order valence-electron chi connectivity index (χ1n) is 26.8. The second-order valence-electron chi connectivity index (χ2n) is 23.7. The van der Waals surface area contributed by atoms with Gasteiger partial charge in [-0.2, -0.15) is 0 Å². The molecular weight excluding hydrogens is 873 g/mol. The Morgan fingerprint density at radius 2 is 0.694 bits per heavy atom. The monoisotopic (exact) mass is 926 g/mol. The van der Waals surface area contributed by atoms with Gasteiger partial charge in [0.2, 0.25) is 0 Å². The number of fused-ring (bicyclic) bond motifs is 24. The van der Waals surface area contributed by atoms with Gasteiger partial charge in [-0.15, -0.1) is 0 Å². The van der Waals surface area contributed by atoms with E-state index in [0.29, 0.717) is 0 Å². The van der Waals surface area contributed by atoms with Gasteiger partial charge in [0.05, 0.1) is 0 Å². The first-order chi connectivity index (χ1) is 35.2. The Balaban J connectivity index is 0.879. The van der Waals surface area contributed by atoms with E-state index in [-0.39, 0.29) is 21.7 Å². The third-order valence-electron chi connectivity index (χ3n) is 19.8. The maximum atomic E-state index is 7.21. The van der Waals surface area contributed by atoms with E-state index in [0.717, 1.165) is 22.3 Å². The topological polar surface area (TPSA) is 26.3 Å². The fourth-order valence-electron chi connectivity index (χ4n) is 16.4. The van der Waals surface area contributed by atoms with Gasteiger partial charge in [0.1, 0.15) is 22.3 Å². The van der Waals surface area contributed by atoms with Crippen molar-refractivity contribution in [1.29, 1.82) is 0 Å². The molecule has 2 spiro atoms. The summed E-state index contributed by atoms with van der Waals surface area (Å²) >= 11 is 0. The fourth-order valence-corrected chi connectivity index (χ4v) is 16.4. The van der Waals surface area contributed by atoms with Crippen molar-refractivity contribution in [3.63, 3.8) is 0 Å². The van der Waals surface area contributed by atoms with Gasteiger partial charge in [-0.05, 0) is 174 Å². The second-order valence-corrected chi connectivity index (χ2v) is 23.7. The lowest BCUT2D eigenvalue weighted by Crippen LogP contribution is -2.20. The van der Waals surface area contributed by atoms with Crippen LogP contribution in [0.25, 0.3) is 111 Å². The molecule has 0 aliphatic heterocycles.